The molecule has 0 saturated heterocycles. The number of unbranched alkanes of at least 4 members (excludes halogenated alkanes) is 21. The molecule has 1 N–H and O–H groups in total. The van der Waals surface area contributed by atoms with E-state index in [1.165, 1.54) is 135 Å². The van der Waals surface area contributed by atoms with Crippen molar-refractivity contribution in [2.24, 2.45) is 17.8 Å². The zero-order valence-corrected chi connectivity index (χ0v) is 56.4. The Morgan fingerprint density at radius 3 is 1.10 bits per heavy atom. The molecular formula is C67H137NO14. The van der Waals surface area contributed by atoms with Crippen molar-refractivity contribution in [2.75, 3.05) is 75.1 Å². The normalized spacial score (nSPS) is 10.4. The Labute approximate surface area is 506 Å². The third kappa shape index (κ3) is 105. The first-order valence-electron chi connectivity index (χ1n) is 32.6. The largest absolute Gasteiger partial charge is 0.468 e. The van der Waals surface area contributed by atoms with E-state index in [0.717, 1.165) is 89.7 Å². The first-order valence-corrected chi connectivity index (χ1v) is 32.6. The Balaban J connectivity index is -0.000000131. The molecule has 0 aliphatic heterocycles. The first-order chi connectivity index (χ1) is 39.9. The van der Waals surface area contributed by atoms with Crippen LogP contribution in [-0.4, -0.2) is 131 Å². The van der Waals surface area contributed by atoms with Crippen molar-refractivity contribution < 1.29 is 66.7 Å². The molecule has 0 heterocycles. The van der Waals surface area contributed by atoms with Crippen LogP contribution in [0.15, 0.2) is 0 Å². The second kappa shape index (κ2) is 97.0. The lowest BCUT2D eigenvalue weighted by Crippen LogP contribution is -2.34. The molecule has 0 aromatic carbocycles. The Morgan fingerprint density at radius 2 is 0.793 bits per heavy atom. The molecule has 15 nitrogen and oxygen atoms in total. The number of likely N-dealkylation sites (N-methyl/N-ethyl adjacent to an activating group) is 1. The molecule has 0 amide bonds. The Kier molecular flexibility index (Phi) is 113. The second-order valence-electron chi connectivity index (χ2n) is 20.7. The van der Waals surface area contributed by atoms with Crippen molar-refractivity contribution in [3.63, 3.8) is 0 Å². The van der Waals surface area contributed by atoms with Gasteiger partial charge in [0.1, 0.15) is 31.2 Å². The van der Waals surface area contributed by atoms with Gasteiger partial charge < -0.3 is 57.7 Å². The predicted molar refractivity (Wildman–Crippen MR) is 343 cm³/mol. The van der Waals surface area contributed by atoms with E-state index in [9.17, 15) is 33.6 Å². The topological polar surface area (TPSA) is 196 Å². The van der Waals surface area contributed by atoms with Gasteiger partial charge in [0, 0.05) is 73.8 Å². The zero-order valence-electron chi connectivity index (χ0n) is 56.4. The standard InChI is InChI=1S/C15H26O4.C10H20O2.C9H18O2.2C9H20O.C7H12O2.C6H15NO2.C2H6/c1-2-3-4-5-6-7-12-19-15(18)13-14(8-10-16)9-11-17;1-4-5-6-10(12-8-11)7-9(2)3;1-2-3-4-5-6-7-8-11-9-10;2*1-3-4-5-6-7-8-9-10-2;1-2-7(3-5-8)4-6-9;1-7-6(4-8-2)5-9-3;1-2/h10-11,14H,2-9,12-13H2,1H3;8-10H,4-7H2,1-3H3;9H,2-8H2,1H3;2*3-9H2,1-2H3;5-7H,2-4H2,1H3;6-7H,4-5H2,1-3H3;1-2H3. The number of hydrogen-bond acceptors (Lipinski definition) is 15. The SMILES string of the molecule is CC.CCC(CC=O)CC=O.CCCCC(CC(C)C)OC=O.CCCCCCCCOC.CCCCCCCCOC.CCCCCCCCOC(=O)CC(CC=O)CC=O.CCCCCCCCOC=O.CNC(COC)COC. The third-order valence-electron chi connectivity index (χ3n) is 12.6. The van der Waals surface area contributed by atoms with E-state index >= 15 is 0 Å². The smallest absolute Gasteiger partial charge is 0.306 e. The molecule has 0 aliphatic carbocycles. The van der Waals surface area contributed by atoms with Gasteiger partial charge in [-0.25, -0.2) is 0 Å². The Bertz CT molecular complexity index is 1110. The first kappa shape index (κ1) is 95.2. The van der Waals surface area contributed by atoms with E-state index in [1.807, 2.05) is 27.8 Å². The molecule has 82 heavy (non-hydrogen) atoms. The van der Waals surface area contributed by atoms with Gasteiger partial charge in [-0.2, -0.15) is 0 Å². The van der Waals surface area contributed by atoms with Crippen LogP contribution < -0.4 is 5.32 Å². The van der Waals surface area contributed by atoms with Crippen LogP contribution in [0.1, 0.15) is 288 Å². The molecule has 1 atom stereocenters. The molecule has 15 heteroatoms. The van der Waals surface area contributed by atoms with Crippen molar-refractivity contribution in [2.45, 2.75) is 300 Å². The maximum absolute atomic E-state index is 11.5. The predicted octanol–water partition coefficient (Wildman–Crippen LogP) is 16.4. The molecule has 0 aliphatic rings. The van der Waals surface area contributed by atoms with E-state index in [4.69, 9.17) is 28.4 Å². The van der Waals surface area contributed by atoms with Gasteiger partial charge in [-0.05, 0) is 63.3 Å². The van der Waals surface area contributed by atoms with Crippen molar-refractivity contribution in [3.05, 3.63) is 0 Å². The van der Waals surface area contributed by atoms with Gasteiger partial charge in [0.2, 0.25) is 0 Å². The van der Waals surface area contributed by atoms with Gasteiger partial charge in [-0.15, -0.1) is 0 Å². The highest BCUT2D eigenvalue weighted by atomic mass is 16.5. The fourth-order valence-electron chi connectivity index (χ4n) is 7.56. The quantitative estimate of drug-likeness (QED) is 0.0261. The van der Waals surface area contributed by atoms with E-state index in [1.54, 1.807) is 28.4 Å². The summed E-state index contributed by atoms with van der Waals surface area (Å²) in [5.41, 5.74) is 0. The number of methoxy groups -OCH3 is 4. The summed E-state index contributed by atoms with van der Waals surface area (Å²) in [7, 11) is 8.79. The lowest BCUT2D eigenvalue weighted by atomic mass is 9.99. The van der Waals surface area contributed by atoms with Gasteiger partial charge in [-0.3, -0.25) is 14.4 Å². The summed E-state index contributed by atoms with van der Waals surface area (Å²) in [4.78, 5) is 72.0. The summed E-state index contributed by atoms with van der Waals surface area (Å²) in [5.74, 6) is 0.376. The highest BCUT2D eigenvalue weighted by Gasteiger charge is 2.14. The number of aldehydes is 4. The van der Waals surface area contributed by atoms with Crippen LogP contribution in [0, 0.1) is 17.8 Å². The van der Waals surface area contributed by atoms with Crippen molar-refractivity contribution in [1.82, 2.24) is 5.32 Å². The van der Waals surface area contributed by atoms with Crippen LogP contribution in [0.3, 0.4) is 0 Å². The monoisotopic (exact) mass is 1180 g/mol. The van der Waals surface area contributed by atoms with Crippen LogP contribution in [0.5, 0.6) is 0 Å². The molecule has 0 aromatic rings. The minimum absolute atomic E-state index is 0.141. The zero-order chi connectivity index (χ0) is 63.6. The van der Waals surface area contributed by atoms with E-state index in [0.29, 0.717) is 64.2 Å². The number of carbonyl (C=O) groups excluding carboxylic acids is 7. The number of hydrogen-bond donors (Lipinski definition) is 1. The molecule has 0 radical (unpaired) electrons. The van der Waals surface area contributed by atoms with Crippen LogP contribution in [0.2, 0.25) is 0 Å². The number of rotatable bonds is 52. The van der Waals surface area contributed by atoms with Gasteiger partial charge in [0.15, 0.2) is 0 Å². The van der Waals surface area contributed by atoms with Crippen molar-refractivity contribution >= 4 is 44.1 Å². The van der Waals surface area contributed by atoms with Crippen LogP contribution in [-0.2, 0) is 66.7 Å². The highest BCUT2D eigenvalue weighted by Crippen LogP contribution is 2.15. The minimum Gasteiger partial charge on any atom is -0.468 e. The molecule has 0 spiro atoms. The van der Waals surface area contributed by atoms with Crippen molar-refractivity contribution in [1.29, 1.82) is 0 Å². The van der Waals surface area contributed by atoms with Gasteiger partial charge in [0.25, 0.3) is 12.9 Å². The Morgan fingerprint density at radius 1 is 0.439 bits per heavy atom. The average Bonchev–Trinajstić information content (AvgIpc) is 3.47. The fourth-order valence-corrected chi connectivity index (χ4v) is 7.56. The lowest BCUT2D eigenvalue weighted by Gasteiger charge is -2.16. The second-order valence-corrected chi connectivity index (χ2v) is 20.7. The van der Waals surface area contributed by atoms with Crippen LogP contribution in [0.25, 0.3) is 0 Å². The molecular weight excluding hydrogens is 1040 g/mol. The maximum Gasteiger partial charge on any atom is 0.306 e. The molecule has 494 valence electrons. The minimum atomic E-state index is -0.303. The molecule has 0 fully saturated rings. The number of ether oxygens (including phenoxy) is 7. The summed E-state index contributed by atoms with van der Waals surface area (Å²) in [5, 5.41) is 3.05. The van der Waals surface area contributed by atoms with E-state index < -0.39 is 0 Å². The van der Waals surface area contributed by atoms with Gasteiger partial charge in [0.05, 0.1) is 32.5 Å². The molecule has 0 bridgehead atoms. The number of nitrogens with one attached hydrogen (secondary N) is 1. The van der Waals surface area contributed by atoms with Gasteiger partial charge >= 0.3 is 5.97 Å². The summed E-state index contributed by atoms with van der Waals surface area (Å²) < 4.78 is 34.3. The maximum atomic E-state index is 11.5. The summed E-state index contributed by atoms with van der Waals surface area (Å²) in [6.07, 6.45) is 40.8. The molecule has 0 aromatic heterocycles. The number of carbonyl (C=O) groups is 7. The summed E-state index contributed by atoms with van der Waals surface area (Å²) >= 11 is 0. The van der Waals surface area contributed by atoms with Crippen molar-refractivity contribution in [3.8, 4) is 0 Å². The van der Waals surface area contributed by atoms with Gasteiger partial charge in [-0.1, -0.05) is 217 Å². The fraction of sp³-hybridized carbons (Fsp3) is 0.896. The van der Waals surface area contributed by atoms with E-state index in [2.05, 4.69) is 58.5 Å². The van der Waals surface area contributed by atoms with Crippen LogP contribution in [0.4, 0.5) is 0 Å². The summed E-state index contributed by atoms with van der Waals surface area (Å²) in [6.45, 7) is 26.7. The summed E-state index contributed by atoms with van der Waals surface area (Å²) in [6, 6.07) is 0.319. The average molecular weight is 1180 g/mol. The highest BCUT2D eigenvalue weighted by molar-refractivity contribution is 5.71. The molecule has 0 rings (SSSR count). The molecule has 1 unspecified atom stereocenters. The third-order valence-corrected chi connectivity index (χ3v) is 12.6. The van der Waals surface area contributed by atoms with Crippen LogP contribution >= 0.6 is 0 Å². The number of esters is 1. The van der Waals surface area contributed by atoms with E-state index in [-0.39, 0.29) is 43.2 Å². The Hall–Kier alpha value is -3.11. The molecule has 0 saturated carbocycles. The lowest BCUT2D eigenvalue weighted by molar-refractivity contribution is -0.145.